The first-order valence-electron chi connectivity index (χ1n) is 6.99. The SMILES string of the molecule is N/C(=N\O)c1cccnc1N1CCN(c2ncccn2)CC1. The number of aromatic nitrogens is 3. The Hall–Kier alpha value is -2.90. The van der Waals surface area contributed by atoms with E-state index in [-0.39, 0.29) is 5.84 Å². The number of amidine groups is 1. The predicted molar refractivity (Wildman–Crippen MR) is 83.2 cm³/mol. The van der Waals surface area contributed by atoms with Crippen molar-refractivity contribution in [3.8, 4) is 0 Å². The highest BCUT2D eigenvalue weighted by Crippen LogP contribution is 2.20. The summed E-state index contributed by atoms with van der Waals surface area (Å²) in [6, 6.07) is 5.37. The van der Waals surface area contributed by atoms with Crippen LogP contribution in [0.25, 0.3) is 0 Å². The summed E-state index contributed by atoms with van der Waals surface area (Å²) in [6.45, 7) is 3.11. The van der Waals surface area contributed by atoms with Crippen molar-refractivity contribution in [1.29, 1.82) is 0 Å². The monoisotopic (exact) mass is 299 g/mol. The molecule has 1 saturated heterocycles. The maximum atomic E-state index is 8.89. The molecule has 0 atom stereocenters. The molecule has 1 aliphatic heterocycles. The van der Waals surface area contributed by atoms with E-state index in [9.17, 15) is 0 Å². The van der Waals surface area contributed by atoms with Crippen molar-refractivity contribution in [2.45, 2.75) is 0 Å². The summed E-state index contributed by atoms with van der Waals surface area (Å²) >= 11 is 0. The number of nitrogens with two attached hydrogens (primary N) is 1. The minimum absolute atomic E-state index is 0.0666. The molecule has 0 saturated carbocycles. The largest absolute Gasteiger partial charge is 0.409 e. The maximum absolute atomic E-state index is 8.89. The lowest BCUT2D eigenvalue weighted by Gasteiger charge is -2.35. The van der Waals surface area contributed by atoms with Crippen LogP contribution in [0.3, 0.4) is 0 Å². The van der Waals surface area contributed by atoms with E-state index < -0.39 is 0 Å². The average molecular weight is 299 g/mol. The van der Waals surface area contributed by atoms with Crippen LogP contribution in [0.2, 0.25) is 0 Å². The van der Waals surface area contributed by atoms with Crippen molar-refractivity contribution >= 4 is 17.6 Å². The minimum atomic E-state index is 0.0666. The maximum Gasteiger partial charge on any atom is 0.225 e. The van der Waals surface area contributed by atoms with Crippen LogP contribution in [0, 0.1) is 0 Å². The van der Waals surface area contributed by atoms with Gasteiger partial charge in [0.1, 0.15) is 5.82 Å². The van der Waals surface area contributed by atoms with E-state index >= 15 is 0 Å². The number of nitrogens with zero attached hydrogens (tertiary/aromatic N) is 6. The van der Waals surface area contributed by atoms with E-state index in [1.54, 1.807) is 36.8 Å². The molecule has 2 aromatic heterocycles. The summed E-state index contributed by atoms with van der Waals surface area (Å²) in [7, 11) is 0. The molecule has 8 nitrogen and oxygen atoms in total. The van der Waals surface area contributed by atoms with Gasteiger partial charge in [0.15, 0.2) is 5.84 Å². The topological polar surface area (TPSA) is 104 Å². The fraction of sp³-hybridized carbons (Fsp3) is 0.286. The van der Waals surface area contributed by atoms with Gasteiger partial charge in [0, 0.05) is 44.8 Å². The van der Waals surface area contributed by atoms with E-state index in [0.29, 0.717) is 5.56 Å². The van der Waals surface area contributed by atoms with Gasteiger partial charge in [-0.15, -0.1) is 0 Å². The van der Waals surface area contributed by atoms with Gasteiger partial charge in [0.2, 0.25) is 5.95 Å². The lowest BCUT2D eigenvalue weighted by Crippen LogP contribution is -2.48. The van der Waals surface area contributed by atoms with Crippen LogP contribution in [-0.4, -0.2) is 52.2 Å². The van der Waals surface area contributed by atoms with Crippen LogP contribution in [0.1, 0.15) is 5.56 Å². The second kappa shape index (κ2) is 6.25. The third-order valence-electron chi connectivity index (χ3n) is 3.58. The van der Waals surface area contributed by atoms with Crippen LogP contribution >= 0.6 is 0 Å². The van der Waals surface area contributed by atoms with Gasteiger partial charge in [-0.2, -0.15) is 0 Å². The minimum Gasteiger partial charge on any atom is -0.409 e. The summed E-state index contributed by atoms with van der Waals surface area (Å²) < 4.78 is 0. The van der Waals surface area contributed by atoms with Gasteiger partial charge in [-0.3, -0.25) is 0 Å². The Bertz CT molecular complexity index is 653. The summed E-state index contributed by atoms with van der Waals surface area (Å²) in [5.74, 6) is 1.53. The lowest BCUT2D eigenvalue weighted by atomic mass is 10.2. The van der Waals surface area contributed by atoms with Gasteiger partial charge >= 0.3 is 0 Å². The quantitative estimate of drug-likeness (QED) is 0.363. The zero-order valence-electron chi connectivity index (χ0n) is 12.0. The molecular weight excluding hydrogens is 282 g/mol. The standard InChI is InChI=1S/C14H17N7O/c15-12(19-22)11-3-1-4-16-13(11)20-7-9-21(10-8-20)14-17-5-2-6-18-14/h1-6,22H,7-10H2,(H2,15,19). The molecule has 0 aromatic carbocycles. The molecule has 0 radical (unpaired) electrons. The van der Waals surface area contributed by atoms with E-state index in [4.69, 9.17) is 10.9 Å². The van der Waals surface area contributed by atoms with Gasteiger partial charge < -0.3 is 20.7 Å². The molecule has 1 aliphatic rings. The Kier molecular flexibility index (Phi) is 3.99. The highest BCUT2D eigenvalue weighted by atomic mass is 16.4. The Morgan fingerprint density at radius 1 is 1.00 bits per heavy atom. The molecule has 3 N–H and O–H groups in total. The number of hydrogen-bond donors (Lipinski definition) is 2. The van der Waals surface area contributed by atoms with Gasteiger partial charge in [0.25, 0.3) is 0 Å². The number of piperazine rings is 1. The summed E-state index contributed by atoms with van der Waals surface area (Å²) in [5, 5.41) is 12.0. The first kappa shape index (κ1) is 14.1. The van der Waals surface area contributed by atoms with Crippen molar-refractivity contribution in [2.24, 2.45) is 10.9 Å². The zero-order chi connectivity index (χ0) is 15.4. The Morgan fingerprint density at radius 2 is 1.64 bits per heavy atom. The molecule has 0 amide bonds. The smallest absolute Gasteiger partial charge is 0.225 e. The number of anilines is 2. The van der Waals surface area contributed by atoms with Gasteiger partial charge in [-0.1, -0.05) is 5.16 Å². The highest BCUT2D eigenvalue weighted by molar-refractivity contribution is 6.01. The van der Waals surface area contributed by atoms with Gasteiger partial charge in [0.05, 0.1) is 5.56 Å². The number of rotatable bonds is 3. The summed E-state index contributed by atoms with van der Waals surface area (Å²) in [6.07, 6.45) is 5.18. The van der Waals surface area contributed by atoms with Crippen LogP contribution in [0.15, 0.2) is 41.9 Å². The van der Waals surface area contributed by atoms with Gasteiger partial charge in [-0.05, 0) is 18.2 Å². The Balaban J connectivity index is 1.75. The van der Waals surface area contributed by atoms with Crippen LogP contribution in [-0.2, 0) is 0 Å². The number of hydrogen-bond acceptors (Lipinski definition) is 7. The molecule has 8 heteroatoms. The van der Waals surface area contributed by atoms with Crippen LogP contribution in [0.4, 0.5) is 11.8 Å². The molecule has 3 rings (SSSR count). The molecule has 3 heterocycles. The summed E-state index contributed by atoms with van der Waals surface area (Å²) in [4.78, 5) is 17.2. The van der Waals surface area contributed by atoms with Crippen molar-refractivity contribution in [2.75, 3.05) is 36.0 Å². The number of pyridine rings is 1. The third-order valence-corrected chi connectivity index (χ3v) is 3.58. The van der Waals surface area contributed by atoms with Crippen molar-refractivity contribution in [3.05, 3.63) is 42.4 Å². The fourth-order valence-electron chi connectivity index (χ4n) is 2.48. The normalized spacial score (nSPS) is 15.9. The zero-order valence-corrected chi connectivity index (χ0v) is 12.0. The van der Waals surface area contributed by atoms with E-state index in [2.05, 4.69) is 29.9 Å². The Labute approximate surface area is 127 Å². The molecule has 0 unspecified atom stereocenters. The molecule has 2 aromatic rings. The van der Waals surface area contributed by atoms with Crippen molar-refractivity contribution < 1.29 is 5.21 Å². The van der Waals surface area contributed by atoms with E-state index in [0.717, 1.165) is 37.9 Å². The first-order valence-corrected chi connectivity index (χ1v) is 6.99. The van der Waals surface area contributed by atoms with Crippen LogP contribution in [0.5, 0.6) is 0 Å². The average Bonchev–Trinajstić information content (AvgIpc) is 2.62. The molecule has 0 spiro atoms. The molecule has 22 heavy (non-hydrogen) atoms. The van der Waals surface area contributed by atoms with E-state index in [1.165, 1.54) is 0 Å². The van der Waals surface area contributed by atoms with E-state index in [1.807, 2.05) is 0 Å². The van der Waals surface area contributed by atoms with Gasteiger partial charge in [-0.25, -0.2) is 15.0 Å². The van der Waals surface area contributed by atoms with Crippen LogP contribution < -0.4 is 15.5 Å². The highest BCUT2D eigenvalue weighted by Gasteiger charge is 2.22. The third kappa shape index (κ3) is 2.76. The number of oxime groups is 1. The van der Waals surface area contributed by atoms with Crippen molar-refractivity contribution in [3.63, 3.8) is 0 Å². The fourth-order valence-corrected chi connectivity index (χ4v) is 2.48. The van der Waals surface area contributed by atoms with Crippen molar-refractivity contribution in [1.82, 2.24) is 15.0 Å². The Morgan fingerprint density at radius 3 is 2.32 bits per heavy atom. The first-order chi connectivity index (χ1) is 10.8. The summed E-state index contributed by atoms with van der Waals surface area (Å²) in [5.41, 5.74) is 6.36. The molecule has 0 aliphatic carbocycles. The lowest BCUT2D eigenvalue weighted by molar-refractivity contribution is 0.318. The molecular formula is C14H17N7O. The second-order valence-electron chi connectivity index (χ2n) is 4.88. The molecule has 0 bridgehead atoms. The molecule has 1 fully saturated rings. The second-order valence-corrected chi connectivity index (χ2v) is 4.88. The molecule has 114 valence electrons. The predicted octanol–water partition coefficient (Wildman–Crippen LogP) is 0.293.